The molecule has 0 saturated heterocycles. The molecule has 36 heteroatoms. The van der Waals surface area contributed by atoms with Crippen LogP contribution in [0, 0.1) is 98.0 Å². The number of phenols is 1. The maximum Gasteiger partial charge on any atom is 0.417 e. The van der Waals surface area contributed by atoms with Crippen LogP contribution in [0.15, 0.2) is 217 Å². The number of halogens is 12. The van der Waals surface area contributed by atoms with Crippen molar-refractivity contribution >= 4 is 131 Å². The molecule has 0 radical (unpaired) electrons. The fourth-order valence-electron chi connectivity index (χ4n) is 14.2. The van der Waals surface area contributed by atoms with Gasteiger partial charge in [-0.1, -0.05) is 171 Å². The van der Waals surface area contributed by atoms with Crippen LogP contribution >= 0.6 is 76.0 Å². The highest BCUT2D eigenvalue weighted by atomic mass is 80.9. The molecule has 5 heterocycles. The number of phenolic OH excluding ortho intramolecular Hbond substituents is 1. The fourth-order valence-corrected chi connectivity index (χ4v) is 15.2. The van der Waals surface area contributed by atoms with E-state index in [0.717, 1.165) is 55.3 Å². The number of ether oxygens (including phenoxy) is 4. The summed E-state index contributed by atoms with van der Waals surface area (Å²) in [6.45, 7) is 27.3. The van der Waals surface area contributed by atoms with E-state index in [1.807, 2.05) is 121 Å². The summed E-state index contributed by atoms with van der Waals surface area (Å²) in [6, 6.07) is 63.1. The number of carbonyl (C=O) groups is 8. The number of fused-ring (bicyclic) bond motifs is 5. The Hall–Kier alpha value is -12.5. The largest absolute Gasteiger partial charge is 0.505 e. The summed E-state index contributed by atoms with van der Waals surface area (Å²) in [7, 11) is -0.377. The fraction of sp³-hybridized carbons (Fsp3) is 0.290. The van der Waals surface area contributed by atoms with Gasteiger partial charge in [0.05, 0.1) is 48.4 Å². The Bertz CT molecular complexity index is 6400. The molecular weight excluding hydrogens is 2180 g/mol. The number of imide groups is 2. The molecule has 11 aromatic carbocycles. The first-order valence-electron chi connectivity index (χ1n) is 44.7. The summed E-state index contributed by atoms with van der Waals surface area (Å²) in [5.74, 6) is -5.34. The molecule has 143 heavy (non-hydrogen) atoms. The maximum atomic E-state index is 14.4. The highest BCUT2D eigenvalue weighted by molar-refractivity contribution is 9.93. The first-order valence-corrected chi connectivity index (χ1v) is 51.5. The lowest BCUT2D eigenvalue weighted by molar-refractivity contribution is 0.0184. The van der Waals surface area contributed by atoms with Crippen molar-refractivity contribution < 1.29 is 98.2 Å². The van der Waals surface area contributed by atoms with Crippen molar-refractivity contribution in [3.05, 3.63) is 374 Å². The van der Waals surface area contributed by atoms with Crippen molar-refractivity contribution in [2.45, 2.75) is 176 Å². The summed E-state index contributed by atoms with van der Waals surface area (Å²) >= 11 is 15.1. The van der Waals surface area contributed by atoms with Gasteiger partial charge in [0, 0.05) is 77.8 Å². The number of nitrogens with one attached hydrogen (secondary N) is 5. The second-order valence-corrected chi connectivity index (χ2v) is 38.0. The van der Waals surface area contributed by atoms with Gasteiger partial charge in [-0.05, 0) is 296 Å². The van der Waals surface area contributed by atoms with Gasteiger partial charge in [0.25, 0.3) is 29.5 Å². The molecular formula is C107H110BBr5F7N9O14. The van der Waals surface area contributed by atoms with Crippen LogP contribution in [0.25, 0.3) is 0 Å². The van der Waals surface area contributed by atoms with E-state index >= 15 is 0 Å². The van der Waals surface area contributed by atoms with Gasteiger partial charge in [-0.25, -0.2) is 54.9 Å². The van der Waals surface area contributed by atoms with Crippen LogP contribution in [-0.2, 0) is 51.9 Å². The molecule has 3 unspecified atom stereocenters. The van der Waals surface area contributed by atoms with E-state index in [9.17, 15) is 74.2 Å². The molecule has 5 aliphatic rings. The number of nitriles is 2. The Morgan fingerprint density at radius 3 is 1.41 bits per heavy atom. The number of alkyl carbamates (subject to hydrolysis) is 1. The van der Waals surface area contributed by atoms with E-state index in [1.165, 1.54) is 66.2 Å². The van der Waals surface area contributed by atoms with E-state index in [0.29, 0.717) is 108 Å². The van der Waals surface area contributed by atoms with Crippen LogP contribution in [0.3, 0.4) is 0 Å². The number of benzene rings is 11. The van der Waals surface area contributed by atoms with Gasteiger partial charge in [0.15, 0.2) is 23.1 Å². The predicted molar refractivity (Wildman–Crippen MR) is 553 cm³/mol. The second kappa shape index (κ2) is 55.3. The molecule has 0 fully saturated rings. The average Bonchev–Trinajstić information content (AvgIpc) is 1.60. The third-order valence-corrected chi connectivity index (χ3v) is 22.7. The summed E-state index contributed by atoms with van der Waals surface area (Å²) < 4.78 is 115. The van der Waals surface area contributed by atoms with Crippen molar-refractivity contribution in [1.82, 2.24) is 36.3 Å². The van der Waals surface area contributed by atoms with Crippen LogP contribution in [0.4, 0.5) is 45.1 Å². The molecule has 7 N–H and O–H groups in total. The molecule has 23 nitrogen and oxygen atoms in total. The second-order valence-electron chi connectivity index (χ2n) is 35.8. The Morgan fingerprint density at radius 2 is 0.930 bits per heavy atom. The molecule has 5 aliphatic heterocycles. The SMILES string of the molecule is BrBr.BrCc1ccccc1.CB(O)NCCBr.CC(C)(C)OC(=O)NCCOc1cc2c(cc1F)C(=O)NC2Cc1ccccc1.Cc1cc(C#N)c(Br)cc1F.Cc1cc(C#N)ccc1F.Cc1cc2c(cc1F)C(=O)N(C(=O)OC(C)(C)C)C2.Cc1cc2c(cc1F)C(=O)N(C(=O)OC(C)(C)C)C2Cc1ccccc1.Cc1cc2c(cc1F)C(=O)NC2.O=C1NC(Cc2ccccc2)c2cc(O)c(F)cc21. The molecule has 0 bridgehead atoms. The topological polar surface area (TPSA) is 328 Å². The first-order chi connectivity index (χ1) is 67.5. The highest BCUT2D eigenvalue weighted by Gasteiger charge is 2.44. The number of nitrogens with zero attached hydrogens (tertiary/aromatic N) is 4. The smallest absolute Gasteiger partial charge is 0.417 e. The molecule has 11 aromatic rings. The normalized spacial score (nSPS) is 13.9. The summed E-state index contributed by atoms with van der Waals surface area (Å²) in [5.41, 5.74) is 11.0. The number of aromatic hydroxyl groups is 1. The minimum absolute atomic E-state index is 0.0456. The summed E-state index contributed by atoms with van der Waals surface area (Å²) in [6.07, 6.45) is -0.308. The van der Waals surface area contributed by atoms with Crippen LogP contribution in [0.5, 0.6) is 11.5 Å². The number of carbonyl (C=O) groups excluding carboxylic acids is 8. The number of aryl methyl sites for hydroxylation is 5. The van der Waals surface area contributed by atoms with Gasteiger partial charge in [-0.3, -0.25) is 24.0 Å². The third-order valence-electron chi connectivity index (χ3n) is 21.0. The van der Waals surface area contributed by atoms with Crippen molar-refractivity contribution in [1.29, 1.82) is 10.5 Å². The number of alkyl halides is 2. The van der Waals surface area contributed by atoms with Gasteiger partial charge in [-0.15, -0.1) is 0 Å². The molecule has 0 aliphatic carbocycles. The van der Waals surface area contributed by atoms with Gasteiger partial charge < -0.3 is 55.6 Å². The van der Waals surface area contributed by atoms with Gasteiger partial charge in [-0.2, -0.15) is 10.5 Å². The monoisotopic (exact) mass is 2280 g/mol. The average molecular weight is 2290 g/mol. The van der Waals surface area contributed by atoms with E-state index in [-0.39, 0.29) is 90.9 Å². The Morgan fingerprint density at radius 1 is 0.483 bits per heavy atom. The standard InChI is InChI=1S/C22H25FN2O4.C21H22FNO3.C15H12FNO2.C14H16FNO3.C9H8FNO.C8H5BrFN.C8H6FN.C7H7Br.C3H9BBrNO.Br2/c1-22(2,3)29-21(27)24-9-10-28-19-13-15-16(12-17(19)23)20(26)25-18(15)11-14-7-5-4-6-8-14;1-13-10-15-16(12-17(13)22)19(24)23(20(25)26-21(2,3)4)18(15)11-14-8-6-5-7-9-14;16-12-7-11-10(8-14(12)18)13(17-15(11)19)6-9-4-2-1-3-5-9;1-8-5-9-7-16(13(18)19-14(2,3)4)12(17)10(9)6-11(8)15;1-5-2-6-4-11-9(12)7(6)3-8(5)10;1-5-2-6(4-11)7(9)3-8(5)10;1-6-4-7(5-10)2-3-8(6)9;8-6-7-4-2-1-3-5-7;1-4(7)6-3-2-5;1-2/h4-8,12-13,18H,9-11H2,1-3H3,(H,24,27)(H,25,26);5-10,12,18H,11H2,1-4H3;1-5,7-8,13,18H,6H2,(H,17,19);5-6H,7H2,1-4H3;2-3H,4H2,1H3,(H,11,12);2-3H,1H3;2-4H,1H3;1-5H,6H2;6-7H,2-3H2,1H3;. The van der Waals surface area contributed by atoms with E-state index in [2.05, 4.69) is 115 Å². The van der Waals surface area contributed by atoms with Gasteiger partial charge >= 0.3 is 25.3 Å². The van der Waals surface area contributed by atoms with E-state index in [4.69, 9.17) is 34.5 Å². The number of hydrogen-bond acceptors (Lipinski definition) is 17. The lowest BCUT2D eigenvalue weighted by Gasteiger charge is -2.27. The first kappa shape index (κ1) is 117. The highest BCUT2D eigenvalue weighted by Crippen LogP contribution is 2.40. The third kappa shape index (κ3) is 36.1. The zero-order valence-electron chi connectivity index (χ0n) is 81.2. The Balaban J connectivity index is 0.000000225. The van der Waals surface area contributed by atoms with Crippen molar-refractivity contribution in [2.24, 2.45) is 0 Å². The minimum Gasteiger partial charge on any atom is -0.505 e. The molecule has 0 spiro atoms. The van der Waals surface area contributed by atoms with Gasteiger partial charge in [0.1, 0.15) is 58.6 Å². The van der Waals surface area contributed by atoms with Crippen molar-refractivity contribution in [3.8, 4) is 23.6 Å². The van der Waals surface area contributed by atoms with Crippen molar-refractivity contribution in [2.75, 3.05) is 25.0 Å². The zero-order chi connectivity index (χ0) is 106. The van der Waals surface area contributed by atoms with Crippen LogP contribution in [0.1, 0.15) is 221 Å². The predicted octanol–water partition coefficient (Wildman–Crippen LogP) is 24.7. The Kier molecular flexibility index (Phi) is 45.4. The van der Waals surface area contributed by atoms with Crippen LogP contribution in [-0.4, -0.2) is 117 Å². The van der Waals surface area contributed by atoms with E-state index in [1.54, 1.807) is 128 Å². The van der Waals surface area contributed by atoms with E-state index < -0.39 is 82.0 Å². The van der Waals surface area contributed by atoms with Crippen molar-refractivity contribution in [3.63, 3.8) is 0 Å². The molecule has 0 aromatic heterocycles. The quantitative estimate of drug-likeness (QED) is 0.0175. The number of hydrogen-bond donors (Lipinski definition) is 7. The summed E-state index contributed by atoms with van der Waals surface area (Å²) in [5, 5.41) is 50.4. The molecule has 0 saturated carbocycles. The Labute approximate surface area is 868 Å². The van der Waals surface area contributed by atoms with Crippen LogP contribution < -0.4 is 31.2 Å². The zero-order valence-corrected chi connectivity index (χ0v) is 89.1. The number of amides is 8. The summed E-state index contributed by atoms with van der Waals surface area (Å²) in [4.78, 5) is 98.3. The lowest BCUT2D eigenvalue weighted by Crippen LogP contribution is -2.39. The maximum absolute atomic E-state index is 14.4. The number of rotatable bonds is 14. The molecule has 754 valence electrons. The molecule has 3 atom stereocenters. The molecule has 8 amide bonds. The minimum atomic E-state index is -0.769. The van der Waals surface area contributed by atoms with Crippen LogP contribution in [0.2, 0.25) is 6.82 Å². The lowest BCUT2D eigenvalue weighted by atomic mass is 9.89. The molecule has 16 rings (SSSR count). The van der Waals surface area contributed by atoms with Gasteiger partial charge in [0.2, 0.25) is 0 Å².